The van der Waals surface area contributed by atoms with Gasteiger partial charge < -0.3 is 11.5 Å². The molecule has 0 bridgehead atoms. The third-order valence-corrected chi connectivity index (χ3v) is 6.05. The summed E-state index contributed by atoms with van der Waals surface area (Å²) in [5.74, 6) is 1.03. The zero-order valence-corrected chi connectivity index (χ0v) is 17.6. The van der Waals surface area contributed by atoms with E-state index in [1.165, 1.54) is 0 Å². The number of nitrogens with two attached hydrogens (primary N) is 2. The van der Waals surface area contributed by atoms with Gasteiger partial charge in [0.15, 0.2) is 17.3 Å². The van der Waals surface area contributed by atoms with Crippen molar-refractivity contribution >= 4 is 22.8 Å². The first kappa shape index (κ1) is 19.3. The Labute approximate surface area is 189 Å². The first-order valence-corrected chi connectivity index (χ1v) is 10.7. The molecular formula is C26H20N6O. The van der Waals surface area contributed by atoms with E-state index in [0.29, 0.717) is 34.8 Å². The molecular weight excluding hydrogens is 412 g/mol. The zero-order valence-electron chi connectivity index (χ0n) is 17.6. The highest BCUT2D eigenvalue weighted by Gasteiger charge is 2.28. The second kappa shape index (κ2) is 7.36. The van der Waals surface area contributed by atoms with Crippen LogP contribution in [0.5, 0.6) is 0 Å². The van der Waals surface area contributed by atoms with Crippen LogP contribution < -0.4 is 11.5 Å². The van der Waals surface area contributed by atoms with Gasteiger partial charge in [0.1, 0.15) is 11.3 Å². The summed E-state index contributed by atoms with van der Waals surface area (Å²) in [6, 6.07) is 23.1. The summed E-state index contributed by atoms with van der Waals surface area (Å²) in [7, 11) is 0. The average molecular weight is 432 g/mol. The number of aromatic nitrogens is 4. The number of hydrogen-bond donors (Lipinski definition) is 2. The first-order chi connectivity index (χ1) is 16.1. The fourth-order valence-electron chi connectivity index (χ4n) is 4.43. The molecule has 1 aliphatic carbocycles. The van der Waals surface area contributed by atoms with Crippen LogP contribution in [0.1, 0.15) is 28.4 Å². The molecule has 0 unspecified atom stereocenters. The summed E-state index contributed by atoms with van der Waals surface area (Å²) in [6.45, 7) is 0. The maximum atomic E-state index is 12.6. The smallest absolute Gasteiger partial charge is 0.165 e. The molecule has 0 fully saturated rings. The Bertz CT molecular complexity index is 1540. The zero-order chi connectivity index (χ0) is 22.5. The lowest BCUT2D eigenvalue weighted by Crippen LogP contribution is -2.06. The first-order valence-electron chi connectivity index (χ1n) is 10.7. The number of ketones is 1. The van der Waals surface area contributed by atoms with Gasteiger partial charge in [0, 0.05) is 35.5 Å². The molecule has 0 saturated carbocycles. The standard InChI is InChI=1S/C26H20N6O/c27-20-14-23(33)19-13-16(8-9-17(19)20)32-25(18-7-4-12-29-24(18)28)31-22-11-10-21(30-26(22)32)15-5-2-1-3-6-15/h1-13,20H,14,27H2,(H2,28,29)/t20-/m0/s1. The van der Waals surface area contributed by atoms with Gasteiger partial charge in [-0.25, -0.2) is 15.0 Å². The SMILES string of the molecule is Nc1ncccc1-c1nc2ccc(-c3ccccc3)nc2n1-c1ccc2c(c1)C(=O)C[C@@H]2N. The molecule has 6 rings (SSSR count). The van der Waals surface area contributed by atoms with Crippen molar-refractivity contribution in [3.8, 4) is 28.3 Å². The fourth-order valence-corrected chi connectivity index (χ4v) is 4.43. The van der Waals surface area contributed by atoms with Gasteiger partial charge in [-0.3, -0.25) is 9.36 Å². The van der Waals surface area contributed by atoms with Crippen LogP contribution >= 0.6 is 0 Å². The second-order valence-corrected chi connectivity index (χ2v) is 8.12. The van der Waals surface area contributed by atoms with Crippen LogP contribution in [0.15, 0.2) is 79.0 Å². The van der Waals surface area contributed by atoms with Crippen LogP contribution in [0.4, 0.5) is 5.82 Å². The maximum Gasteiger partial charge on any atom is 0.165 e. The molecule has 33 heavy (non-hydrogen) atoms. The van der Waals surface area contributed by atoms with Gasteiger partial charge in [-0.05, 0) is 42.0 Å². The topological polar surface area (TPSA) is 113 Å². The van der Waals surface area contributed by atoms with Crippen molar-refractivity contribution in [1.29, 1.82) is 0 Å². The lowest BCUT2D eigenvalue weighted by molar-refractivity contribution is 0.0989. The molecule has 0 saturated heterocycles. The minimum absolute atomic E-state index is 0.0455. The number of anilines is 1. The van der Waals surface area contributed by atoms with Crippen molar-refractivity contribution in [3.05, 3.63) is 90.1 Å². The lowest BCUT2D eigenvalue weighted by atomic mass is 10.1. The van der Waals surface area contributed by atoms with E-state index in [1.807, 2.05) is 77.4 Å². The number of rotatable bonds is 3. The molecule has 0 spiro atoms. The Morgan fingerprint density at radius 2 is 1.76 bits per heavy atom. The molecule has 7 nitrogen and oxygen atoms in total. The molecule has 0 radical (unpaired) electrons. The Kier molecular flexibility index (Phi) is 4.31. The Morgan fingerprint density at radius 3 is 2.58 bits per heavy atom. The Hall–Kier alpha value is -4.36. The van der Waals surface area contributed by atoms with Crippen LogP contribution in [0.3, 0.4) is 0 Å². The van der Waals surface area contributed by atoms with Crippen molar-refractivity contribution in [2.24, 2.45) is 5.73 Å². The molecule has 2 aromatic carbocycles. The monoisotopic (exact) mass is 432 g/mol. The molecule has 160 valence electrons. The van der Waals surface area contributed by atoms with E-state index in [4.69, 9.17) is 21.4 Å². The number of carbonyl (C=O) groups excluding carboxylic acids is 1. The number of pyridine rings is 2. The van der Waals surface area contributed by atoms with Crippen molar-refractivity contribution in [2.75, 3.05) is 5.73 Å². The minimum atomic E-state index is -0.266. The van der Waals surface area contributed by atoms with E-state index >= 15 is 0 Å². The third-order valence-electron chi connectivity index (χ3n) is 6.05. The molecule has 3 aromatic heterocycles. The van der Waals surface area contributed by atoms with E-state index in [0.717, 1.165) is 28.0 Å². The van der Waals surface area contributed by atoms with E-state index in [2.05, 4.69) is 4.98 Å². The normalized spacial score (nSPS) is 15.2. The van der Waals surface area contributed by atoms with Crippen LogP contribution in [0.2, 0.25) is 0 Å². The molecule has 3 heterocycles. The largest absolute Gasteiger partial charge is 0.383 e. The summed E-state index contributed by atoms with van der Waals surface area (Å²) in [5, 5.41) is 0. The molecule has 4 N–H and O–H groups in total. The lowest BCUT2D eigenvalue weighted by Gasteiger charge is -2.12. The number of carbonyl (C=O) groups is 1. The third kappa shape index (κ3) is 3.09. The van der Waals surface area contributed by atoms with E-state index in [1.54, 1.807) is 6.20 Å². The highest BCUT2D eigenvalue weighted by Crippen LogP contribution is 2.35. The van der Waals surface area contributed by atoms with Crippen molar-refractivity contribution in [3.63, 3.8) is 0 Å². The summed E-state index contributed by atoms with van der Waals surface area (Å²) in [5.41, 5.74) is 18.6. The van der Waals surface area contributed by atoms with Crippen molar-refractivity contribution < 1.29 is 4.79 Å². The van der Waals surface area contributed by atoms with Crippen LogP contribution in [-0.2, 0) is 0 Å². The number of nitrogen functional groups attached to an aromatic ring is 1. The van der Waals surface area contributed by atoms with Gasteiger partial charge in [0.05, 0.1) is 11.3 Å². The highest BCUT2D eigenvalue weighted by molar-refractivity contribution is 6.02. The summed E-state index contributed by atoms with van der Waals surface area (Å²) in [6.07, 6.45) is 1.97. The number of nitrogens with zero attached hydrogens (tertiary/aromatic N) is 4. The number of Topliss-reactive ketones (excluding diaryl/α,β-unsaturated/α-hetero) is 1. The van der Waals surface area contributed by atoms with Gasteiger partial charge in [0.25, 0.3) is 0 Å². The second-order valence-electron chi connectivity index (χ2n) is 8.12. The van der Waals surface area contributed by atoms with E-state index in [-0.39, 0.29) is 11.8 Å². The van der Waals surface area contributed by atoms with Crippen LogP contribution in [-0.4, -0.2) is 25.3 Å². The van der Waals surface area contributed by atoms with Gasteiger partial charge in [-0.2, -0.15) is 0 Å². The van der Waals surface area contributed by atoms with Crippen LogP contribution in [0, 0.1) is 0 Å². The predicted molar refractivity (Wildman–Crippen MR) is 128 cm³/mol. The summed E-state index contributed by atoms with van der Waals surface area (Å²) >= 11 is 0. The van der Waals surface area contributed by atoms with Gasteiger partial charge in [-0.15, -0.1) is 0 Å². The average Bonchev–Trinajstić information content (AvgIpc) is 3.36. The number of fused-ring (bicyclic) bond motifs is 2. The maximum absolute atomic E-state index is 12.6. The van der Waals surface area contributed by atoms with E-state index in [9.17, 15) is 4.79 Å². The fraction of sp³-hybridized carbons (Fsp3) is 0.0769. The highest BCUT2D eigenvalue weighted by atomic mass is 16.1. The minimum Gasteiger partial charge on any atom is -0.383 e. The molecule has 0 aliphatic heterocycles. The van der Waals surface area contributed by atoms with E-state index < -0.39 is 0 Å². The van der Waals surface area contributed by atoms with Crippen LogP contribution in [0.25, 0.3) is 39.5 Å². The quantitative estimate of drug-likeness (QED) is 0.439. The molecule has 0 amide bonds. The molecule has 1 atom stereocenters. The van der Waals surface area contributed by atoms with Gasteiger partial charge in [-0.1, -0.05) is 36.4 Å². The Morgan fingerprint density at radius 1 is 0.909 bits per heavy atom. The predicted octanol–water partition coefficient (Wildman–Crippen LogP) is 4.32. The number of benzene rings is 2. The molecule has 5 aromatic rings. The molecule has 7 heteroatoms. The Balaban J connectivity index is 1.64. The molecule has 1 aliphatic rings. The van der Waals surface area contributed by atoms with Gasteiger partial charge >= 0.3 is 0 Å². The summed E-state index contributed by atoms with van der Waals surface area (Å²) in [4.78, 5) is 26.6. The van der Waals surface area contributed by atoms with Crippen molar-refractivity contribution in [2.45, 2.75) is 12.5 Å². The number of imidazole rings is 1. The number of hydrogen-bond acceptors (Lipinski definition) is 6. The van der Waals surface area contributed by atoms with Gasteiger partial charge in [0.2, 0.25) is 0 Å². The summed E-state index contributed by atoms with van der Waals surface area (Å²) < 4.78 is 1.94. The van der Waals surface area contributed by atoms with Crippen molar-refractivity contribution in [1.82, 2.24) is 19.5 Å².